The van der Waals surface area contributed by atoms with Gasteiger partial charge >= 0.3 is 0 Å². The number of nitrogens with one attached hydrogen (secondary N) is 3. The molecule has 0 aliphatic carbocycles. The zero-order valence-electron chi connectivity index (χ0n) is 16.4. The Morgan fingerprint density at radius 3 is 1.03 bits per heavy atom. The van der Waals surface area contributed by atoms with Crippen molar-refractivity contribution in [3.63, 3.8) is 0 Å². The second-order valence-electron chi connectivity index (χ2n) is 7.42. The molecule has 0 saturated carbocycles. The molecule has 0 atom stereocenters. The highest BCUT2D eigenvalue weighted by molar-refractivity contribution is 9.11. The minimum Gasteiger partial charge on any atom is -0.295 e. The molecular formula is C18H24Br3N9. The Hall–Kier alpha value is -1.05. The first kappa shape index (κ1) is 22.2. The van der Waals surface area contributed by atoms with E-state index in [9.17, 15) is 0 Å². The fraction of sp³-hybridized carbons (Fsp3) is 0.500. The predicted molar refractivity (Wildman–Crippen MR) is 125 cm³/mol. The second-order valence-corrected chi connectivity index (χ2v) is 9.98. The van der Waals surface area contributed by atoms with Crippen LogP contribution < -0.4 is 0 Å². The molecular weight excluding hydrogens is 582 g/mol. The first-order valence-electron chi connectivity index (χ1n) is 9.79. The van der Waals surface area contributed by atoms with E-state index in [4.69, 9.17) is 0 Å². The summed E-state index contributed by atoms with van der Waals surface area (Å²) in [5, 5.41) is 21.8. The van der Waals surface area contributed by atoms with Crippen LogP contribution >= 0.6 is 47.8 Å². The smallest absolute Gasteiger partial charge is 0.0634 e. The van der Waals surface area contributed by atoms with Gasteiger partial charge in [0.15, 0.2) is 0 Å². The van der Waals surface area contributed by atoms with Gasteiger partial charge in [0.1, 0.15) is 0 Å². The molecule has 30 heavy (non-hydrogen) atoms. The van der Waals surface area contributed by atoms with Crippen molar-refractivity contribution in [2.45, 2.75) is 19.6 Å². The number of nitrogens with zero attached hydrogens (tertiary/aromatic N) is 6. The van der Waals surface area contributed by atoms with Crippen molar-refractivity contribution in [2.24, 2.45) is 0 Å². The lowest BCUT2D eigenvalue weighted by atomic mass is 10.3. The zero-order valence-corrected chi connectivity index (χ0v) is 21.2. The number of H-pyrrole nitrogens is 3. The van der Waals surface area contributed by atoms with Crippen molar-refractivity contribution in [2.75, 3.05) is 39.3 Å². The molecule has 0 aromatic carbocycles. The van der Waals surface area contributed by atoms with E-state index in [-0.39, 0.29) is 0 Å². The van der Waals surface area contributed by atoms with Gasteiger partial charge < -0.3 is 0 Å². The Morgan fingerprint density at radius 2 is 0.833 bits per heavy atom. The fourth-order valence-corrected chi connectivity index (χ4v) is 4.51. The molecule has 0 spiro atoms. The highest BCUT2D eigenvalue weighted by Crippen LogP contribution is 2.19. The topological polar surface area (TPSA) is 95.8 Å². The summed E-state index contributed by atoms with van der Waals surface area (Å²) in [6.07, 6.45) is 5.45. The average Bonchev–Trinajstić information content (AvgIpc) is 3.44. The van der Waals surface area contributed by atoms with Gasteiger partial charge in [-0.3, -0.25) is 30.0 Å². The van der Waals surface area contributed by atoms with Crippen molar-refractivity contribution in [3.05, 3.63) is 49.1 Å². The fourth-order valence-electron chi connectivity index (χ4n) is 3.56. The first-order chi connectivity index (χ1) is 14.6. The third kappa shape index (κ3) is 5.80. The summed E-state index contributed by atoms with van der Waals surface area (Å²) in [6.45, 7) is 8.42. The highest BCUT2D eigenvalue weighted by atomic mass is 79.9. The molecule has 1 fully saturated rings. The predicted octanol–water partition coefficient (Wildman–Crippen LogP) is 2.96. The van der Waals surface area contributed by atoms with E-state index in [0.717, 1.165) is 89.4 Å². The van der Waals surface area contributed by atoms with Crippen LogP contribution in [-0.4, -0.2) is 84.6 Å². The number of hydrogen-bond donors (Lipinski definition) is 3. The number of aromatic nitrogens is 6. The highest BCUT2D eigenvalue weighted by Gasteiger charge is 2.20. The molecule has 1 saturated heterocycles. The molecule has 12 heteroatoms. The van der Waals surface area contributed by atoms with Crippen LogP contribution in [0.3, 0.4) is 0 Å². The molecule has 4 rings (SSSR count). The van der Waals surface area contributed by atoms with E-state index < -0.39 is 0 Å². The van der Waals surface area contributed by atoms with Crippen molar-refractivity contribution in [1.82, 2.24) is 45.3 Å². The van der Waals surface area contributed by atoms with Gasteiger partial charge in [-0.25, -0.2) is 0 Å². The van der Waals surface area contributed by atoms with Gasteiger partial charge in [0.05, 0.1) is 49.1 Å². The molecule has 4 heterocycles. The number of hydrogen-bond acceptors (Lipinski definition) is 6. The van der Waals surface area contributed by atoms with Crippen LogP contribution in [0.4, 0.5) is 0 Å². The Bertz CT molecular complexity index is 805. The van der Waals surface area contributed by atoms with Crippen molar-refractivity contribution >= 4 is 47.8 Å². The molecule has 3 aromatic rings. The minimum atomic E-state index is 0.837. The summed E-state index contributed by atoms with van der Waals surface area (Å²) < 4.78 is 3.08. The molecule has 9 nitrogen and oxygen atoms in total. The minimum absolute atomic E-state index is 0.837. The van der Waals surface area contributed by atoms with Crippen LogP contribution in [0, 0.1) is 0 Å². The van der Waals surface area contributed by atoms with E-state index in [1.54, 1.807) is 0 Å². The van der Waals surface area contributed by atoms with Crippen LogP contribution in [-0.2, 0) is 19.6 Å². The van der Waals surface area contributed by atoms with Gasteiger partial charge in [-0.15, -0.1) is 0 Å². The molecule has 1 aliphatic heterocycles. The Balaban J connectivity index is 1.47. The standard InChI is InChI=1S/C18H24Br3N9/c19-13-7-22-25-16(13)10-28-1-2-29(11-17-14(20)8-23-26-17)5-6-30(4-3-28)12-18-15(21)9-24-27-18/h7-9H,1-6,10-12H2,(H,22,25)(H,23,26)(H,24,27). The molecule has 3 N–H and O–H groups in total. The second kappa shape index (κ2) is 10.5. The van der Waals surface area contributed by atoms with Crippen molar-refractivity contribution < 1.29 is 0 Å². The molecule has 0 unspecified atom stereocenters. The van der Waals surface area contributed by atoms with Crippen molar-refractivity contribution in [1.29, 1.82) is 0 Å². The van der Waals surface area contributed by atoms with E-state index in [1.807, 2.05) is 18.6 Å². The summed E-state index contributed by atoms with van der Waals surface area (Å²) in [4.78, 5) is 7.44. The average molecular weight is 606 g/mol. The Kier molecular flexibility index (Phi) is 7.76. The normalized spacial score (nSPS) is 17.7. The molecule has 0 radical (unpaired) electrons. The van der Waals surface area contributed by atoms with E-state index in [1.165, 1.54) is 0 Å². The summed E-state index contributed by atoms with van der Waals surface area (Å²) in [5.74, 6) is 0. The third-order valence-corrected chi connectivity index (χ3v) is 7.39. The van der Waals surface area contributed by atoms with E-state index in [2.05, 4.69) is 93.1 Å². The van der Waals surface area contributed by atoms with Gasteiger partial charge in [-0.1, -0.05) is 0 Å². The van der Waals surface area contributed by atoms with Crippen LogP contribution in [0.5, 0.6) is 0 Å². The number of rotatable bonds is 6. The monoisotopic (exact) mass is 603 g/mol. The van der Waals surface area contributed by atoms with Gasteiger partial charge in [-0.2, -0.15) is 15.3 Å². The summed E-state index contributed by atoms with van der Waals surface area (Å²) in [5.41, 5.74) is 3.33. The van der Waals surface area contributed by atoms with E-state index in [0.29, 0.717) is 0 Å². The maximum atomic E-state index is 4.14. The van der Waals surface area contributed by atoms with Gasteiger partial charge in [0.2, 0.25) is 0 Å². The maximum absolute atomic E-state index is 4.14. The van der Waals surface area contributed by atoms with Crippen LogP contribution in [0.2, 0.25) is 0 Å². The van der Waals surface area contributed by atoms with E-state index >= 15 is 0 Å². The quantitative estimate of drug-likeness (QED) is 0.400. The molecule has 162 valence electrons. The first-order valence-corrected chi connectivity index (χ1v) is 12.2. The number of aromatic amines is 3. The largest absolute Gasteiger partial charge is 0.295 e. The lowest BCUT2D eigenvalue weighted by Gasteiger charge is -2.25. The molecule has 0 bridgehead atoms. The summed E-state index contributed by atoms with van der Waals surface area (Å²) >= 11 is 10.8. The SMILES string of the molecule is Brc1cn[nH]c1CN1CCN(Cc2[nH]ncc2Br)CCN(Cc2[nH]ncc2Br)CC1. The maximum Gasteiger partial charge on any atom is 0.0634 e. The van der Waals surface area contributed by atoms with Gasteiger partial charge in [-0.05, 0) is 47.8 Å². The van der Waals surface area contributed by atoms with Crippen LogP contribution in [0.25, 0.3) is 0 Å². The third-order valence-electron chi connectivity index (χ3n) is 5.34. The summed E-state index contributed by atoms with van der Waals surface area (Å²) in [6, 6.07) is 0. The summed E-state index contributed by atoms with van der Waals surface area (Å²) in [7, 11) is 0. The lowest BCUT2D eigenvalue weighted by molar-refractivity contribution is 0.206. The lowest BCUT2D eigenvalue weighted by Crippen LogP contribution is -2.35. The number of halogens is 3. The van der Waals surface area contributed by atoms with Crippen LogP contribution in [0.15, 0.2) is 32.0 Å². The Morgan fingerprint density at radius 1 is 0.567 bits per heavy atom. The molecule has 1 aliphatic rings. The van der Waals surface area contributed by atoms with Gasteiger partial charge in [0, 0.05) is 58.9 Å². The zero-order chi connectivity index (χ0) is 20.9. The Labute approximate surface area is 200 Å². The van der Waals surface area contributed by atoms with Crippen LogP contribution in [0.1, 0.15) is 17.1 Å². The van der Waals surface area contributed by atoms with Gasteiger partial charge in [0.25, 0.3) is 0 Å². The van der Waals surface area contributed by atoms with Crippen molar-refractivity contribution in [3.8, 4) is 0 Å². The molecule has 3 aromatic heterocycles. The molecule has 0 amide bonds.